The molecule has 0 fully saturated rings. The largest absolute Gasteiger partial charge is 0.449 e. The zero-order valence-electron chi connectivity index (χ0n) is 12.8. The first-order valence-electron chi connectivity index (χ1n) is 6.89. The molecule has 0 aromatic carbocycles. The Balaban J connectivity index is 4.26. The van der Waals surface area contributed by atoms with Gasteiger partial charge in [0.25, 0.3) is 0 Å². The van der Waals surface area contributed by atoms with Crippen molar-refractivity contribution in [3.05, 3.63) is 0 Å². The Bertz CT molecular complexity index is 310. The highest BCUT2D eigenvalue weighted by atomic mass is 16.6. The van der Waals surface area contributed by atoms with Crippen molar-refractivity contribution in [2.75, 3.05) is 13.2 Å². The summed E-state index contributed by atoms with van der Waals surface area (Å²) in [5.74, 6) is 0. The molecule has 0 aliphatic rings. The van der Waals surface area contributed by atoms with Crippen molar-refractivity contribution < 1.29 is 19.1 Å². The van der Waals surface area contributed by atoms with Gasteiger partial charge >= 0.3 is 12.2 Å². The average molecular weight is 289 g/mol. The van der Waals surface area contributed by atoms with Crippen LogP contribution >= 0.6 is 0 Å². The van der Waals surface area contributed by atoms with Gasteiger partial charge in [-0.15, -0.1) is 0 Å². The second-order valence-corrected chi connectivity index (χ2v) is 5.52. The van der Waals surface area contributed by atoms with Crippen molar-refractivity contribution in [2.24, 2.45) is 11.1 Å². The molecule has 0 aromatic heterocycles. The number of unbranched alkanes of at least 4 members (excludes halogenated alkanes) is 1. The van der Waals surface area contributed by atoms with Gasteiger partial charge in [-0.1, -0.05) is 26.7 Å². The number of primary amides is 1. The Morgan fingerprint density at radius 1 is 1.25 bits per heavy atom. The number of rotatable bonds is 9. The lowest BCUT2D eigenvalue weighted by molar-refractivity contribution is 0.0316. The second kappa shape index (κ2) is 9.41. The number of hydrogen-bond acceptors (Lipinski definition) is 5. The van der Waals surface area contributed by atoms with Crippen LogP contribution in [0.25, 0.3) is 0 Å². The van der Waals surface area contributed by atoms with Gasteiger partial charge in [-0.25, -0.2) is 15.0 Å². The van der Waals surface area contributed by atoms with Gasteiger partial charge in [-0.2, -0.15) is 0 Å². The molecule has 0 aliphatic heterocycles. The van der Waals surface area contributed by atoms with Crippen LogP contribution in [0.5, 0.6) is 0 Å². The maximum absolute atomic E-state index is 11.5. The van der Waals surface area contributed by atoms with Crippen LogP contribution < -0.4 is 16.6 Å². The molecule has 2 amide bonds. The third-order valence-corrected chi connectivity index (χ3v) is 2.71. The van der Waals surface area contributed by atoms with Crippen LogP contribution in [0, 0.1) is 5.41 Å². The molecule has 118 valence electrons. The van der Waals surface area contributed by atoms with E-state index in [9.17, 15) is 9.59 Å². The molecule has 0 spiro atoms. The molecular weight excluding hydrogens is 262 g/mol. The van der Waals surface area contributed by atoms with Crippen LogP contribution in [-0.2, 0) is 9.47 Å². The number of amides is 2. The number of carbonyl (C=O) groups is 2. The molecule has 4 N–H and O–H groups in total. The Morgan fingerprint density at radius 3 is 2.35 bits per heavy atom. The SMILES string of the molecule is CCCCC(C)(COC(N)=O)COC(=O)NNC(C)C. The number of hydrogen-bond donors (Lipinski definition) is 3. The van der Waals surface area contributed by atoms with E-state index in [0.29, 0.717) is 0 Å². The topological polar surface area (TPSA) is 103 Å². The van der Waals surface area contributed by atoms with Crippen LogP contribution in [0.1, 0.15) is 47.0 Å². The van der Waals surface area contributed by atoms with Gasteiger partial charge in [-0.05, 0) is 20.3 Å². The van der Waals surface area contributed by atoms with Crippen molar-refractivity contribution in [1.82, 2.24) is 10.9 Å². The second-order valence-electron chi connectivity index (χ2n) is 5.52. The summed E-state index contributed by atoms with van der Waals surface area (Å²) in [6.07, 6.45) is 1.36. The van der Waals surface area contributed by atoms with E-state index >= 15 is 0 Å². The van der Waals surface area contributed by atoms with Crippen molar-refractivity contribution >= 4 is 12.2 Å². The van der Waals surface area contributed by atoms with Crippen LogP contribution in [0.3, 0.4) is 0 Å². The third-order valence-electron chi connectivity index (χ3n) is 2.71. The molecule has 0 saturated carbocycles. The van der Waals surface area contributed by atoms with E-state index in [1.165, 1.54) is 0 Å². The molecule has 0 saturated heterocycles. The Kier molecular flexibility index (Phi) is 8.71. The fraction of sp³-hybridized carbons (Fsp3) is 0.846. The number of nitrogens with two attached hydrogens (primary N) is 1. The predicted molar refractivity (Wildman–Crippen MR) is 75.9 cm³/mol. The molecule has 7 heteroatoms. The molecule has 1 unspecified atom stereocenters. The lowest BCUT2D eigenvalue weighted by Crippen LogP contribution is -2.43. The predicted octanol–water partition coefficient (Wildman–Crippen LogP) is 1.92. The highest BCUT2D eigenvalue weighted by Gasteiger charge is 2.27. The highest BCUT2D eigenvalue weighted by Crippen LogP contribution is 2.25. The lowest BCUT2D eigenvalue weighted by atomic mass is 9.87. The van der Waals surface area contributed by atoms with Gasteiger partial charge in [0.15, 0.2) is 0 Å². The van der Waals surface area contributed by atoms with Crippen molar-refractivity contribution in [1.29, 1.82) is 0 Å². The average Bonchev–Trinajstić information content (AvgIpc) is 2.38. The quantitative estimate of drug-likeness (QED) is 0.563. The zero-order chi connectivity index (χ0) is 15.6. The van der Waals surface area contributed by atoms with E-state index in [-0.39, 0.29) is 19.3 Å². The lowest BCUT2D eigenvalue weighted by Gasteiger charge is -2.28. The number of hydrazine groups is 1. The summed E-state index contributed by atoms with van der Waals surface area (Å²) in [6.45, 7) is 8.04. The molecule has 1 atom stereocenters. The van der Waals surface area contributed by atoms with Gasteiger partial charge < -0.3 is 15.2 Å². The maximum Gasteiger partial charge on any atom is 0.421 e. The number of nitrogens with one attached hydrogen (secondary N) is 2. The summed E-state index contributed by atoms with van der Waals surface area (Å²) in [5.41, 5.74) is 9.72. The Labute approximate surface area is 120 Å². The monoisotopic (exact) mass is 289 g/mol. The molecule has 0 radical (unpaired) electrons. The van der Waals surface area contributed by atoms with E-state index in [1.807, 2.05) is 20.8 Å². The van der Waals surface area contributed by atoms with E-state index in [4.69, 9.17) is 15.2 Å². The minimum absolute atomic E-state index is 0.118. The number of ether oxygens (including phenoxy) is 2. The minimum Gasteiger partial charge on any atom is -0.449 e. The van der Waals surface area contributed by atoms with Gasteiger partial charge in [-0.3, -0.25) is 5.43 Å². The Hall–Kier alpha value is -1.50. The van der Waals surface area contributed by atoms with Gasteiger partial charge in [0.2, 0.25) is 0 Å². The zero-order valence-corrected chi connectivity index (χ0v) is 12.8. The molecule has 0 rings (SSSR count). The maximum atomic E-state index is 11.5. The van der Waals surface area contributed by atoms with Gasteiger partial charge in [0, 0.05) is 11.5 Å². The molecule has 0 heterocycles. The minimum atomic E-state index is -0.821. The molecule has 20 heavy (non-hydrogen) atoms. The molecule has 0 aliphatic carbocycles. The molecule has 0 bridgehead atoms. The first-order chi connectivity index (χ1) is 9.29. The fourth-order valence-corrected chi connectivity index (χ4v) is 1.51. The standard InChI is InChI=1S/C13H27N3O4/c1-5-6-7-13(4,8-19-11(14)17)9-20-12(18)16-15-10(2)3/h10,15H,5-9H2,1-4H3,(H2,14,17)(H,16,18). The van der Waals surface area contributed by atoms with E-state index in [1.54, 1.807) is 0 Å². The summed E-state index contributed by atoms with van der Waals surface area (Å²) in [4.78, 5) is 22.2. The van der Waals surface area contributed by atoms with E-state index in [0.717, 1.165) is 19.3 Å². The van der Waals surface area contributed by atoms with Crippen molar-refractivity contribution in [3.8, 4) is 0 Å². The smallest absolute Gasteiger partial charge is 0.421 e. The summed E-state index contributed by atoms with van der Waals surface area (Å²) in [6, 6.07) is 0.118. The van der Waals surface area contributed by atoms with Crippen LogP contribution in [-0.4, -0.2) is 31.4 Å². The summed E-state index contributed by atoms with van der Waals surface area (Å²) < 4.78 is 9.99. The van der Waals surface area contributed by atoms with E-state index in [2.05, 4.69) is 17.8 Å². The third kappa shape index (κ3) is 9.43. The van der Waals surface area contributed by atoms with Crippen LogP contribution in [0.4, 0.5) is 9.59 Å². The van der Waals surface area contributed by atoms with Crippen LogP contribution in [0.15, 0.2) is 0 Å². The molecule has 7 nitrogen and oxygen atoms in total. The Morgan fingerprint density at radius 2 is 1.85 bits per heavy atom. The number of carbonyl (C=O) groups excluding carboxylic acids is 2. The van der Waals surface area contributed by atoms with Gasteiger partial charge in [0.05, 0.1) is 0 Å². The summed E-state index contributed by atoms with van der Waals surface area (Å²) in [5, 5.41) is 0. The summed E-state index contributed by atoms with van der Waals surface area (Å²) >= 11 is 0. The van der Waals surface area contributed by atoms with Crippen LogP contribution in [0.2, 0.25) is 0 Å². The fourth-order valence-electron chi connectivity index (χ4n) is 1.51. The first kappa shape index (κ1) is 18.5. The summed E-state index contributed by atoms with van der Waals surface area (Å²) in [7, 11) is 0. The first-order valence-corrected chi connectivity index (χ1v) is 6.89. The van der Waals surface area contributed by atoms with Crippen molar-refractivity contribution in [2.45, 2.75) is 53.0 Å². The molecule has 0 aromatic rings. The van der Waals surface area contributed by atoms with Gasteiger partial charge in [0.1, 0.15) is 13.2 Å². The van der Waals surface area contributed by atoms with Crippen molar-refractivity contribution in [3.63, 3.8) is 0 Å². The normalized spacial score (nSPS) is 13.7. The molecular formula is C13H27N3O4. The van der Waals surface area contributed by atoms with E-state index < -0.39 is 17.6 Å². The highest BCUT2D eigenvalue weighted by molar-refractivity contribution is 5.66.